The van der Waals surface area contributed by atoms with Gasteiger partial charge in [-0.2, -0.15) is 0 Å². The van der Waals surface area contributed by atoms with E-state index >= 15 is 0 Å². The fourth-order valence-corrected chi connectivity index (χ4v) is 1.87. The zero-order chi connectivity index (χ0) is 13.0. The minimum absolute atomic E-state index is 0.134. The maximum Gasteiger partial charge on any atom is 0.123 e. The molecule has 1 aromatic heterocycles. The van der Waals surface area contributed by atoms with Gasteiger partial charge in [-0.25, -0.2) is 4.39 Å². The predicted molar refractivity (Wildman–Crippen MR) is 70.9 cm³/mol. The van der Waals surface area contributed by atoms with Crippen LogP contribution in [0.3, 0.4) is 0 Å². The lowest BCUT2D eigenvalue weighted by Gasteiger charge is -2.14. The first-order valence-electron chi connectivity index (χ1n) is 5.74. The Bertz CT molecular complexity index is 513. The summed E-state index contributed by atoms with van der Waals surface area (Å²) in [5.74, 6) is -0.219. The minimum atomic E-state index is -0.219. The first kappa shape index (κ1) is 13.0. The molecule has 0 unspecified atom stereocenters. The number of nitrogens with one attached hydrogen (secondary N) is 1. The van der Waals surface area contributed by atoms with Gasteiger partial charge in [0.15, 0.2) is 0 Å². The highest BCUT2D eigenvalue weighted by atomic mass is 35.5. The lowest BCUT2D eigenvalue weighted by molar-refractivity contribution is 0.571. The molecule has 2 nitrogen and oxygen atoms in total. The first-order valence-corrected chi connectivity index (χ1v) is 6.12. The number of benzene rings is 1. The second-order valence-corrected chi connectivity index (χ2v) is 4.53. The van der Waals surface area contributed by atoms with Crippen molar-refractivity contribution >= 4 is 11.6 Å². The van der Waals surface area contributed by atoms with Gasteiger partial charge in [-0.15, -0.1) is 0 Å². The fraction of sp³-hybridized carbons (Fsp3) is 0.214. The summed E-state index contributed by atoms with van der Waals surface area (Å²) in [6, 6.07) is 8.50. The molecule has 1 heterocycles. The summed E-state index contributed by atoms with van der Waals surface area (Å²) in [4.78, 5) is 3.94. The minimum Gasteiger partial charge on any atom is -0.306 e. The van der Waals surface area contributed by atoms with Crippen LogP contribution in [0, 0.1) is 5.82 Å². The number of pyridine rings is 1. The maximum absolute atomic E-state index is 12.8. The summed E-state index contributed by atoms with van der Waals surface area (Å²) >= 11 is 6.02. The van der Waals surface area contributed by atoms with E-state index < -0.39 is 0 Å². The Balaban J connectivity index is 1.98. The zero-order valence-electron chi connectivity index (χ0n) is 10.0. The van der Waals surface area contributed by atoms with E-state index in [1.54, 1.807) is 24.5 Å². The summed E-state index contributed by atoms with van der Waals surface area (Å²) < 4.78 is 12.8. The van der Waals surface area contributed by atoms with E-state index in [0.29, 0.717) is 11.6 Å². The fourth-order valence-electron chi connectivity index (χ4n) is 1.68. The molecule has 0 saturated carbocycles. The monoisotopic (exact) mass is 264 g/mol. The average Bonchev–Trinajstić information content (AvgIpc) is 2.38. The van der Waals surface area contributed by atoms with Crippen molar-refractivity contribution in [1.82, 2.24) is 10.3 Å². The Morgan fingerprint density at radius 1 is 1.28 bits per heavy atom. The lowest BCUT2D eigenvalue weighted by atomic mass is 10.1. The molecule has 2 rings (SSSR count). The number of hydrogen-bond donors (Lipinski definition) is 1. The van der Waals surface area contributed by atoms with Gasteiger partial charge in [-0.1, -0.05) is 23.7 Å². The lowest BCUT2D eigenvalue weighted by Crippen LogP contribution is -2.18. The SMILES string of the molecule is C[C@@H](NCc1ccncc1Cl)c1ccc(F)cc1. The van der Waals surface area contributed by atoms with Crippen molar-refractivity contribution in [3.05, 3.63) is 64.7 Å². The second kappa shape index (κ2) is 5.94. The normalized spacial score (nSPS) is 12.4. The van der Waals surface area contributed by atoms with Gasteiger partial charge in [-0.05, 0) is 36.2 Å². The molecule has 0 amide bonds. The van der Waals surface area contributed by atoms with Crippen molar-refractivity contribution in [3.8, 4) is 0 Å². The third-order valence-corrected chi connectivity index (χ3v) is 3.17. The standard InChI is InChI=1S/C14H14ClFN2/c1-10(11-2-4-13(16)5-3-11)18-8-12-6-7-17-9-14(12)15/h2-7,9-10,18H,8H2,1H3/t10-/m1/s1. The van der Waals surface area contributed by atoms with Crippen LogP contribution in [0.4, 0.5) is 4.39 Å². The molecule has 0 aliphatic rings. The maximum atomic E-state index is 12.8. The number of rotatable bonds is 4. The molecule has 0 aliphatic heterocycles. The average molecular weight is 265 g/mol. The highest BCUT2D eigenvalue weighted by molar-refractivity contribution is 6.31. The summed E-state index contributed by atoms with van der Waals surface area (Å²) in [5, 5.41) is 3.99. The zero-order valence-corrected chi connectivity index (χ0v) is 10.8. The molecule has 0 fully saturated rings. The smallest absolute Gasteiger partial charge is 0.123 e. The van der Waals surface area contributed by atoms with Crippen molar-refractivity contribution in [2.24, 2.45) is 0 Å². The molecule has 4 heteroatoms. The molecule has 18 heavy (non-hydrogen) atoms. The van der Waals surface area contributed by atoms with Crippen LogP contribution in [0.5, 0.6) is 0 Å². The second-order valence-electron chi connectivity index (χ2n) is 4.12. The molecule has 1 aromatic carbocycles. The van der Waals surface area contributed by atoms with Crippen LogP contribution < -0.4 is 5.32 Å². The molecule has 1 N–H and O–H groups in total. The number of aromatic nitrogens is 1. The van der Waals surface area contributed by atoms with Crippen LogP contribution in [0.1, 0.15) is 24.1 Å². The quantitative estimate of drug-likeness (QED) is 0.910. The van der Waals surface area contributed by atoms with Crippen molar-refractivity contribution in [2.45, 2.75) is 19.5 Å². The molecule has 2 aromatic rings. The topological polar surface area (TPSA) is 24.9 Å². The van der Waals surface area contributed by atoms with Crippen LogP contribution >= 0.6 is 11.6 Å². The molecule has 0 spiro atoms. The van der Waals surface area contributed by atoms with Gasteiger partial charge in [0.05, 0.1) is 5.02 Å². The highest BCUT2D eigenvalue weighted by Gasteiger charge is 2.06. The molecular weight excluding hydrogens is 251 g/mol. The van der Waals surface area contributed by atoms with Gasteiger partial charge in [0, 0.05) is 25.0 Å². The van der Waals surface area contributed by atoms with Gasteiger partial charge in [0.1, 0.15) is 5.82 Å². The van der Waals surface area contributed by atoms with E-state index in [-0.39, 0.29) is 11.9 Å². The Labute approximate surface area is 111 Å². The highest BCUT2D eigenvalue weighted by Crippen LogP contribution is 2.16. The van der Waals surface area contributed by atoms with Crippen LogP contribution in [-0.2, 0) is 6.54 Å². The van der Waals surface area contributed by atoms with E-state index in [1.165, 1.54) is 12.1 Å². The van der Waals surface area contributed by atoms with E-state index in [0.717, 1.165) is 11.1 Å². The summed E-state index contributed by atoms with van der Waals surface area (Å²) in [6.45, 7) is 2.68. The Morgan fingerprint density at radius 3 is 2.67 bits per heavy atom. The van der Waals surface area contributed by atoms with Gasteiger partial charge in [0.2, 0.25) is 0 Å². The van der Waals surface area contributed by atoms with E-state index in [9.17, 15) is 4.39 Å². The van der Waals surface area contributed by atoms with Crippen molar-refractivity contribution in [1.29, 1.82) is 0 Å². The molecule has 94 valence electrons. The molecule has 0 radical (unpaired) electrons. The van der Waals surface area contributed by atoms with Crippen molar-refractivity contribution in [2.75, 3.05) is 0 Å². The third kappa shape index (κ3) is 3.28. The van der Waals surface area contributed by atoms with Crippen molar-refractivity contribution in [3.63, 3.8) is 0 Å². The largest absolute Gasteiger partial charge is 0.306 e. The third-order valence-electron chi connectivity index (χ3n) is 2.83. The van der Waals surface area contributed by atoms with Crippen LogP contribution in [0.25, 0.3) is 0 Å². The van der Waals surface area contributed by atoms with Gasteiger partial charge < -0.3 is 5.32 Å². The Kier molecular flexibility index (Phi) is 4.28. The molecular formula is C14H14ClFN2. The van der Waals surface area contributed by atoms with E-state index in [2.05, 4.69) is 10.3 Å². The van der Waals surface area contributed by atoms with Crippen LogP contribution in [0.2, 0.25) is 5.02 Å². The molecule has 0 bridgehead atoms. The molecule has 0 aliphatic carbocycles. The van der Waals surface area contributed by atoms with Crippen LogP contribution in [-0.4, -0.2) is 4.98 Å². The number of halogens is 2. The van der Waals surface area contributed by atoms with E-state index in [1.807, 2.05) is 13.0 Å². The summed E-state index contributed by atoms with van der Waals surface area (Å²) in [6.07, 6.45) is 3.34. The summed E-state index contributed by atoms with van der Waals surface area (Å²) in [7, 11) is 0. The number of hydrogen-bond acceptors (Lipinski definition) is 2. The van der Waals surface area contributed by atoms with Crippen LogP contribution in [0.15, 0.2) is 42.7 Å². The van der Waals surface area contributed by atoms with Gasteiger partial charge >= 0.3 is 0 Å². The molecule has 0 saturated heterocycles. The molecule has 1 atom stereocenters. The first-order chi connectivity index (χ1) is 8.66. The predicted octanol–water partition coefficient (Wildman–Crippen LogP) is 3.72. The van der Waals surface area contributed by atoms with E-state index in [4.69, 9.17) is 11.6 Å². The Morgan fingerprint density at radius 2 is 2.00 bits per heavy atom. The van der Waals surface area contributed by atoms with Crippen molar-refractivity contribution < 1.29 is 4.39 Å². The van der Waals surface area contributed by atoms with Gasteiger partial charge in [0.25, 0.3) is 0 Å². The van der Waals surface area contributed by atoms with Gasteiger partial charge in [-0.3, -0.25) is 4.98 Å². The summed E-state index contributed by atoms with van der Waals surface area (Å²) in [5.41, 5.74) is 2.04. The number of nitrogens with zero attached hydrogens (tertiary/aromatic N) is 1. The Hall–Kier alpha value is -1.45.